The first kappa shape index (κ1) is 11.8. The summed E-state index contributed by atoms with van der Waals surface area (Å²) in [6.07, 6.45) is 2.24. The molecule has 6 heteroatoms. The molecule has 1 aliphatic carbocycles. The van der Waals surface area contributed by atoms with Crippen LogP contribution >= 0.6 is 34.7 Å². The van der Waals surface area contributed by atoms with E-state index in [9.17, 15) is 4.79 Å². The summed E-state index contributed by atoms with van der Waals surface area (Å²) < 4.78 is 3.76. The van der Waals surface area contributed by atoms with E-state index in [1.165, 1.54) is 11.5 Å². The van der Waals surface area contributed by atoms with E-state index < -0.39 is 0 Å². The molecule has 1 aromatic carbocycles. The maximum atomic E-state index is 12.2. The molecule has 1 aliphatic rings. The lowest BCUT2D eigenvalue weighted by molar-refractivity contribution is 0.104. The molecule has 0 saturated heterocycles. The molecule has 0 bridgehead atoms. The Labute approximate surface area is 117 Å². The topological polar surface area (TPSA) is 42.9 Å². The second-order valence-electron chi connectivity index (χ2n) is 3.89. The van der Waals surface area contributed by atoms with Gasteiger partial charge in [0, 0.05) is 22.9 Å². The Hall–Kier alpha value is -1.23. The Morgan fingerprint density at radius 2 is 2.17 bits per heavy atom. The molecule has 90 valence electrons. The normalized spacial score (nSPS) is 16.3. The van der Waals surface area contributed by atoms with Gasteiger partial charge >= 0.3 is 0 Å². The second kappa shape index (κ2) is 4.46. The minimum Gasteiger partial charge on any atom is -0.289 e. The van der Waals surface area contributed by atoms with Crippen molar-refractivity contribution in [2.75, 3.05) is 0 Å². The summed E-state index contributed by atoms with van der Waals surface area (Å²) in [6.45, 7) is 0. The number of allylic oxidation sites excluding steroid dienone is 1. The highest BCUT2D eigenvalue weighted by Crippen LogP contribution is 2.36. The van der Waals surface area contributed by atoms with Crippen LogP contribution in [0.5, 0.6) is 0 Å². The molecule has 3 nitrogen and oxygen atoms in total. The predicted molar refractivity (Wildman–Crippen MR) is 72.4 cm³/mol. The van der Waals surface area contributed by atoms with Crippen molar-refractivity contribution >= 4 is 46.6 Å². The maximum absolute atomic E-state index is 12.2. The van der Waals surface area contributed by atoms with Crippen molar-refractivity contribution in [1.82, 2.24) is 9.59 Å². The number of aromatic nitrogens is 2. The van der Waals surface area contributed by atoms with Crippen LogP contribution in [0.15, 0.2) is 23.1 Å². The monoisotopic (exact) mass is 296 g/mol. The number of benzene rings is 1. The number of hydrogen-bond acceptors (Lipinski definition) is 4. The number of rotatable bonds is 1. The number of halogens is 2. The van der Waals surface area contributed by atoms with Gasteiger partial charge in [0.15, 0.2) is 5.78 Å². The molecular formula is C12H6Cl2N2OS. The van der Waals surface area contributed by atoms with E-state index in [1.807, 2.05) is 0 Å². The highest BCUT2D eigenvalue weighted by Gasteiger charge is 2.27. The average Bonchev–Trinajstić information content (AvgIpc) is 2.95. The van der Waals surface area contributed by atoms with Gasteiger partial charge in [-0.25, -0.2) is 0 Å². The highest BCUT2D eigenvalue weighted by molar-refractivity contribution is 7.03. The van der Waals surface area contributed by atoms with E-state index in [4.69, 9.17) is 23.2 Å². The molecular weight excluding hydrogens is 291 g/mol. The first-order valence-corrected chi connectivity index (χ1v) is 6.75. The fourth-order valence-electron chi connectivity index (χ4n) is 1.95. The predicted octanol–water partition coefficient (Wildman–Crippen LogP) is 3.67. The van der Waals surface area contributed by atoms with Gasteiger partial charge in [0.1, 0.15) is 0 Å². The number of Topliss-reactive ketones (excluding diaryl/α,β-unsaturated/α-hetero) is 1. The number of hydrogen-bond donors (Lipinski definition) is 0. The van der Waals surface area contributed by atoms with E-state index in [-0.39, 0.29) is 5.78 Å². The molecule has 0 spiro atoms. The first-order chi connectivity index (χ1) is 8.66. The summed E-state index contributed by atoms with van der Waals surface area (Å²) in [6, 6.07) is 3.36. The molecule has 3 rings (SSSR count). The molecule has 2 aromatic rings. The third-order valence-electron chi connectivity index (χ3n) is 2.80. The van der Waals surface area contributed by atoms with Crippen LogP contribution in [-0.2, 0) is 6.42 Å². The number of carbonyl (C=O) groups is 1. The smallest absolute Gasteiger partial charge is 0.189 e. The Bertz CT molecular complexity index is 665. The van der Waals surface area contributed by atoms with Crippen LogP contribution in [0.1, 0.15) is 21.6 Å². The van der Waals surface area contributed by atoms with Crippen LogP contribution < -0.4 is 0 Å². The van der Waals surface area contributed by atoms with Gasteiger partial charge in [0.2, 0.25) is 0 Å². The standard InChI is InChI=1S/C12H6Cl2N2OS/c13-10-2-1-8-9(11(10)14)4-6(12(8)17)3-7-5-18-16-15-7/h1-3,5H,4H2/b6-3-. The van der Waals surface area contributed by atoms with Crippen LogP contribution in [0, 0.1) is 0 Å². The van der Waals surface area contributed by atoms with Gasteiger partial charge in [-0.15, -0.1) is 5.10 Å². The molecule has 0 unspecified atom stereocenters. The van der Waals surface area contributed by atoms with Gasteiger partial charge in [-0.1, -0.05) is 27.7 Å². The molecule has 0 N–H and O–H groups in total. The van der Waals surface area contributed by atoms with Gasteiger partial charge in [0.05, 0.1) is 15.7 Å². The molecule has 0 atom stereocenters. The van der Waals surface area contributed by atoms with E-state index in [2.05, 4.69) is 9.59 Å². The van der Waals surface area contributed by atoms with Crippen LogP contribution in [0.4, 0.5) is 0 Å². The third kappa shape index (κ3) is 1.86. The Balaban J connectivity index is 2.07. The summed E-state index contributed by atoms with van der Waals surface area (Å²) in [4.78, 5) is 12.2. The minimum atomic E-state index is -0.0171. The molecule has 0 saturated carbocycles. The molecule has 0 amide bonds. The van der Waals surface area contributed by atoms with Crippen LogP contribution in [0.2, 0.25) is 10.0 Å². The van der Waals surface area contributed by atoms with Gasteiger partial charge in [0.25, 0.3) is 0 Å². The van der Waals surface area contributed by atoms with Crippen LogP contribution in [0.3, 0.4) is 0 Å². The largest absolute Gasteiger partial charge is 0.289 e. The summed E-state index contributed by atoms with van der Waals surface area (Å²) in [5.74, 6) is -0.0171. The van der Waals surface area contributed by atoms with Crippen molar-refractivity contribution in [2.24, 2.45) is 0 Å². The lowest BCUT2D eigenvalue weighted by Gasteiger charge is -2.01. The minimum absolute atomic E-state index is 0.0171. The van der Waals surface area contributed by atoms with Crippen LogP contribution in [0.25, 0.3) is 6.08 Å². The second-order valence-corrected chi connectivity index (χ2v) is 5.29. The fourth-order valence-corrected chi connectivity index (χ4v) is 2.77. The van der Waals surface area contributed by atoms with Gasteiger partial charge in [-0.3, -0.25) is 4.79 Å². The van der Waals surface area contributed by atoms with Gasteiger partial charge in [-0.2, -0.15) is 0 Å². The van der Waals surface area contributed by atoms with Gasteiger partial charge in [-0.05, 0) is 35.3 Å². The third-order valence-corrected chi connectivity index (χ3v) is 4.16. The Kier molecular flexibility index (Phi) is 2.93. The van der Waals surface area contributed by atoms with Crippen molar-refractivity contribution in [3.8, 4) is 0 Å². The summed E-state index contributed by atoms with van der Waals surface area (Å²) in [5.41, 5.74) is 2.78. The van der Waals surface area contributed by atoms with Crippen LogP contribution in [-0.4, -0.2) is 15.4 Å². The number of nitrogens with zero attached hydrogens (tertiary/aromatic N) is 2. The number of ketones is 1. The number of fused-ring (bicyclic) bond motifs is 1. The van der Waals surface area contributed by atoms with Crippen molar-refractivity contribution in [1.29, 1.82) is 0 Å². The fraction of sp³-hybridized carbons (Fsp3) is 0.0833. The van der Waals surface area contributed by atoms with Crippen molar-refractivity contribution in [3.63, 3.8) is 0 Å². The van der Waals surface area contributed by atoms with Crippen molar-refractivity contribution in [2.45, 2.75) is 6.42 Å². The van der Waals surface area contributed by atoms with Crippen molar-refractivity contribution < 1.29 is 4.79 Å². The molecule has 0 aliphatic heterocycles. The first-order valence-electron chi connectivity index (χ1n) is 5.16. The molecule has 1 heterocycles. The maximum Gasteiger partial charge on any atom is 0.189 e. The molecule has 0 fully saturated rings. The zero-order valence-electron chi connectivity index (χ0n) is 8.98. The lowest BCUT2D eigenvalue weighted by Crippen LogP contribution is -1.95. The SMILES string of the molecule is O=C1/C(=C\c2csnn2)Cc2c1ccc(Cl)c2Cl. The number of carbonyl (C=O) groups excluding carboxylic acids is 1. The van der Waals surface area contributed by atoms with E-state index in [0.717, 1.165) is 5.56 Å². The Morgan fingerprint density at radius 1 is 1.33 bits per heavy atom. The quantitative estimate of drug-likeness (QED) is 0.754. The summed E-state index contributed by atoms with van der Waals surface area (Å²) in [5, 5.41) is 6.62. The molecule has 18 heavy (non-hydrogen) atoms. The Morgan fingerprint density at radius 3 is 2.89 bits per heavy atom. The lowest BCUT2D eigenvalue weighted by atomic mass is 10.1. The summed E-state index contributed by atoms with van der Waals surface area (Å²) in [7, 11) is 0. The van der Waals surface area contributed by atoms with E-state index in [1.54, 1.807) is 23.6 Å². The summed E-state index contributed by atoms with van der Waals surface area (Å²) >= 11 is 13.3. The van der Waals surface area contributed by atoms with E-state index >= 15 is 0 Å². The molecule has 1 aromatic heterocycles. The van der Waals surface area contributed by atoms with Crippen molar-refractivity contribution in [3.05, 3.63) is 50.0 Å². The molecule has 0 radical (unpaired) electrons. The highest BCUT2D eigenvalue weighted by atomic mass is 35.5. The van der Waals surface area contributed by atoms with E-state index in [0.29, 0.717) is 33.3 Å². The zero-order chi connectivity index (χ0) is 12.7. The zero-order valence-corrected chi connectivity index (χ0v) is 11.3. The van der Waals surface area contributed by atoms with Gasteiger partial charge < -0.3 is 0 Å². The average molecular weight is 297 g/mol.